The fraction of sp³-hybridized carbons (Fsp3) is 0.111. The number of hydrogen-bond donors (Lipinski definition) is 1. The van der Waals surface area contributed by atoms with E-state index in [1.165, 1.54) is 0 Å². The summed E-state index contributed by atoms with van der Waals surface area (Å²) in [4.78, 5) is 28.4. The van der Waals surface area contributed by atoms with Crippen molar-refractivity contribution in [3.8, 4) is 17.2 Å². The van der Waals surface area contributed by atoms with E-state index in [4.69, 9.17) is 14.2 Å². The number of anilines is 3. The Labute approximate surface area is 249 Å². The van der Waals surface area contributed by atoms with E-state index < -0.39 is 5.60 Å². The molecule has 1 N–H and O–H groups in total. The summed E-state index contributed by atoms with van der Waals surface area (Å²) in [6.45, 7) is 1.98. The van der Waals surface area contributed by atoms with Gasteiger partial charge in [0.25, 0.3) is 5.91 Å². The molecule has 0 radical (unpaired) electrons. The first-order valence-electron chi connectivity index (χ1n) is 13.9. The maximum atomic E-state index is 13.3. The van der Waals surface area contributed by atoms with Gasteiger partial charge in [-0.1, -0.05) is 54.6 Å². The molecule has 2 aliphatic rings. The van der Waals surface area contributed by atoms with Crippen LogP contribution in [0.1, 0.15) is 43.0 Å². The first-order valence-corrected chi connectivity index (χ1v) is 13.9. The largest absolute Gasteiger partial charge is 0.496 e. The molecule has 0 fully saturated rings. The second-order valence-corrected chi connectivity index (χ2v) is 10.6. The number of benzene rings is 5. The standard InChI is InChI=1S/C36H28N2O5/c1-22-16-19-30(29(20-22)37-34(39)25-11-5-8-14-31(25)41-3)38(2)23-17-18-28-33(21-23)42-32-15-9-7-13-27(32)36(28)26-12-6-4-10-24(26)35(40)43-36/h4-21H,1-3H3,(H,37,39). The van der Waals surface area contributed by atoms with Crippen LogP contribution in [0.25, 0.3) is 0 Å². The Bertz CT molecular complexity index is 1930. The van der Waals surface area contributed by atoms with E-state index in [1.54, 1.807) is 31.4 Å². The molecular formula is C36H28N2O5. The molecule has 0 aromatic heterocycles. The van der Waals surface area contributed by atoms with Crippen LogP contribution < -0.4 is 19.7 Å². The van der Waals surface area contributed by atoms with Gasteiger partial charge in [0.05, 0.1) is 29.6 Å². The van der Waals surface area contributed by atoms with Crippen molar-refractivity contribution in [3.05, 3.63) is 143 Å². The summed E-state index contributed by atoms with van der Waals surface area (Å²) in [5.41, 5.74) is 5.44. The van der Waals surface area contributed by atoms with Crippen LogP contribution in [0.2, 0.25) is 0 Å². The molecular weight excluding hydrogens is 540 g/mol. The Balaban J connectivity index is 1.30. The van der Waals surface area contributed by atoms with Gasteiger partial charge in [0, 0.05) is 35.5 Å². The summed E-state index contributed by atoms with van der Waals surface area (Å²) in [6.07, 6.45) is 0. The van der Waals surface area contributed by atoms with Gasteiger partial charge in [0.1, 0.15) is 17.2 Å². The Morgan fingerprint density at radius 2 is 1.53 bits per heavy atom. The zero-order valence-electron chi connectivity index (χ0n) is 23.9. The molecule has 7 nitrogen and oxygen atoms in total. The van der Waals surface area contributed by atoms with Crippen molar-refractivity contribution < 1.29 is 23.8 Å². The highest BCUT2D eigenvalue weighted by Crippen LogP contribution is 2.56. The van der Waals surface area contributed by atoms with Gasteiger partial charge in [0.2, 0.25) is 0 Å². The van der Waals surface area contributed by atoms with E-state index in [9.17, 15) is 9.59 Å². The lowest BCUT2D eigenvalue weighted by Crippen LogP contribution is -2.33. The van der Waals surface area contributed by atoms with E-state index in [1.807, 2.05) is 104 Å². The molecule has 0 saturated carbocycles. The fourth-order valence-electron chi connectivity index (χ4n) is 6.03. The van der Waals surface area contributed by atoms with Gasteiger partial charge >= 0.3 is 5.97 Å². The zero-order chi connectivity index (χ0) is 29.7. The Kier molecular flexibility index (Phi) is 6.17. The second kappa shape index (κ2) is 10.1. The number of amides is 1. The Morgan fingerprint density at radius 3 is 2.37 bits per heavy atom. The van der Waals surface area contributed by atoms with Crippen molar-refractivity contribution in [2.75, 3.05) is 24.4 Å². The fourth-order valence-corrected chi connectivity index (χ4v) is 6.03. The van der Waals surface area contributed by atoms with Crippen LogP contribution >= 0.6 is 0 Å². The molecule has 0 bridgehead atoms. The lowest BCUT2D eigenvalue weighted by Gasteiger charge is -2.37. The lowest BCUT2D eigenvalue weighted by molar-refractivity contribution is 0.0224. The number of rotatable bonds is 5. The van der Waals surface area contributed by atoms with Crippen LogP contribution in [0.3, 0.4) is 0 Å². The van der Waals surface area contributed by atoms with Gasteiger partial charge in [-0.05, 0) is 61.0 Å². The molecule has 7 rings (SSSR count). The number of esters is 1. The summed E-state index contributed by atoms with van der Waals surface area (Å²) in [7, 11) is 3.48. The topological polar surface area (TPSA) is 77.1 Å². The summed E-state index contributed by atoms with van der Waals surface area (Å²) in [5.74, 6) is 1.07. The number of fused-ring (bicyclic) bond motifs is 6. The van der Waals surface area contributed by atoms with Gasteiger partial charge < -0.3 is 24.4 Å². The van der Waals surface area contributed by atoms with Crippen LogP contribution in [-0.4, -0.2) is 26.0 Å². The summed E-state index contributed by atoms with van der Waals surface area (Å²) in [6, 6.07) is 34.0. The molecule has 2 aliphatic heterocycles. The molecule has 43 heavy (non-hydrogen) atoms. The van der Waals surface area contributed by atoms with Crippen LogP contribution in [0.5, 0.6) is 17.2 Å². The van der Waals surface area contributed by atoms with Gasteiger partial charge in [0.15, 0.2) is 5.60 Å². The zero-order valence-corrected chi connectivity index (χ0v) is 23.9. The SMILES string of the molecule is COc1ccccc1C(=O)Nc1cc(C)ccc1N(C)c1ccc2c(c1)Oc1ccccc1C21OC(=O)c2ccccc21. The van der Waals surface area contributed by atoms with Gasteiger partial charge in [-0.2, -0.15) is 0 Å². The molecule has 5 aromatic carbocycles. The van der Waals surface area contributed by atoms with Crippen LogP contribution in [0.4, 0.5) is 17.1 Å². The van der Waals surface area contributed by atoms with Crippen molar-refractivity contribution in [3.63, 3.8) is 0 Å². The summed E-state index contributed by atoms with van der Waals surface area (Å²) >= 11 is 0. The highest BCUT2D eigenvalue weighted by atomic mass is 16.6. The first-order chi connectivity index (χ1) is 20.9. The van der Waals surface area contributed by atoms with E-state index in [2.05, 4.69) is 5.32 Å². The number of aryl methyl sites for hydroxylation is 1. The molecule has 1 amide bonds. The van der Waals surface area contributed by atoms with E-state index in [0.717, 1.165) is 33.6 Å². The normalized spacial score (nSPS) is 15.9. The second-order valence-electron chi connectivity index (χ2n) is 10.6. The molecule has 7 heteroatoms. The van der Waals surface area contributed by atoms with E-state index >= 15 is 0 Å². The van der Waals surface area contributed by atoms with Crippen molar-refractivity contribution in [2.24, 2.45) is 0 Å². The number of methoxy groups -OCH3 is 1. The van der Waals surface area contributed by atoms with Crippen molar-refractivity contribution in [1.82, 2.24) is 0 Å². The quantitative estimate of drug-likeness (QED) is 0.220. The Morgan fingerprint density at radius 1 is 0.814 bits per heavy atom. The number of para-hydroxylation sites is 2. The molecule has 212 valence electrons. The maximum absolute atomic E-state index is 13.3. The highest BCUT2D eigenvalue weighted by molar-refractivity contribution is 6.08. The summed E-state index contributed by atoms with van der Waals surface area (Å²) in [5, 5.41) is 3.07. The van der Waals surface area contributed by atoms with Crippen molar-refractivity contribution in [1.29, 1.82) is 0 Å². The van der Waals surface area contributed by atoms with Crippen molar-refractivity contribution in [2.45, 2.75) is 12.5 Å². The van der Waals surface area contributed by atoms with Gasteiger partial charge in [-0.3, -0.25) is 4.79 Å². The van der Waals surface area contributed by atoms with Crippen LogP contribution in [-0.2, 0) is 10.3 Å². The predicted molar refractivity (Wildman–Crippen MR) is 165 cm³/mol. The molecule has 1 spiro atoms. The van der Waals surface area contributed by atoms with Gasteiger partial charge in [-0.25, -0.2) is 4.79 Å². The van der Waals surface area contributed by atoms with Crippen LogP contribution in [0.15, 0.2) is 109 Å². The van der Waals surface area contributed by atoms with Crippen molar-refractivity contribution >= 4 is 28.9 Å². The Hall–Kier alpha value is -5.56. The number of ether oxygens (including phenoxy) is 3. The highest BCUT2D eigenvalue weighted by Gasteiger charge is 2.53. The number of carbonyl (C=O) groups is 2. The van der Waals surface area contributed by atoms with Crippen LogP contribution in [0, 0.1) is 6.92 Å². The number of hydrogen-bond acceptors (Lipinski definition) is 6. The monoisotopic (exact) mass is 568 g/mol. The molecule has 5 aromatic rings. The van der Waals surface area contributed by atoms with E-state index in [0.29, 0.717) is 34.1 Å². The maximum Gasteiger partial charge on any atom is 0.340 e. The molecule has 0 saturated heterocycles. The first kappa shape index (κ1) is 26.3. The predicted octanol–water partition coefficient (Wildman–Crippen LogP) is 7.59. The number of nitrogens with one attached hydrogen (secondary N) is 1. The molecule has 0 aliphatic carbocycles. The smallest absolute Gasteiger partial charge is 0.340 e. The van der Waals surface area contributed by atoms with E-state index in [-0.39, 0.29) is 11.9 Å². The minimum absolute atomic E-state index is 0.272. The average molecular weight is 569 g/mol. The lowest BCUT2D eigenvalue weighted by atomic mass is 9.77. The molecule has 1 unspecified atom stereocenters. The van der Waals surface area contributed by atoms with Gasteiger partial charge in [-0.15, -0.1) is 0 Å². The summed E-state index contributed by atoms with van der Waals surface area (Å²) < 4.78 is 18.1. The number of carbonyl (C=O) groups excluding carboxylic acids is 2. The third kappa shape index (κ3) is 4.12. The molecule has 2 heterocycles. The third-order valence-electron chi connectivity index (χ3n) is 8.10. The number of nitrogens with zero attached hydrogens (tertiary/aromatic N) is 1. The minimum atomic E-state index is -1.12. The third-order valence-corrected chi connectivity index (χ3v) is 8.10. The minimum Gasteiger partial charge on any atom is -0.496 e. The molecule has 1 atom stereocenters. The average Bonchev–Trinajstić information content (AvgIpc) is 3.33.